The molecular formula is C16H24N2O. The number of hydrogen-bond acceptors (Lipinski definition) is 2. The molecule has 3 nitrogen and oxygen atoms in total. The first-order chi connectivity index (χ1) is 9.09. The van der Waals surface area contributed by atoms with Crippen molar-refractivity contribution in [2.45, 2.75) is 51.1 Å². The lowest BCUT2D eigenvalue weighted by Crippen LogP contribution is -2.34. The number of fused-ring (bicyclic) bond motifs is 1. The van der Waals surface area contributed by atoms with Gasteiger partial charge in [0.05, 0.1) is 6.04 Å². The van der Waals surface area contributed by atoms with Gasteiger partial charge < -0.3 is 10.6 Å². The van der Waals surface area contributed by atoms with Crippen molar-refractivity contribution in [3.8, 4) is 0 Å². The second kappa shape index (κ2) is 6.20. The maximum atomic E-state index is 12.2. The van der Waals surface area contributed by atoms with Gasteiger partial charge in [-0.05, 0) is 43.7 Å². The van der Waals surface area contributed by atoms with E-state index < -0.39 is 0 Å². The van der Waals surface area contributed by atoms with Crippen LogP contribution < -0.4 is 5.73 Å². The van der Waals surface area contributed by atoms with Crippen LogP contribution in [0.5, 0.6) is 0 Å². The number of benzene rings is 1. The van der Waals surface area contributed by atoms with E-state index in [9.17, 15) is 4.79 Å². The molecule has 2 N–H and O–H groups in total. The maximum Gasteiger partial charge on any atom is 0.222 e. The van der Waals surface area contributed by atoms with Crippen molar-refractivity contribution in [2.75, 3.05) is 7.05 Å². The van der Waals surface area contributed by atoms with Crippen molar-refractivity contribution in [3.05, 3.63) is 35.4 Å². The highest BCUT2D eigenvalue weighted by Gasteiger charge is 2.26. The van der Waals surface area contributed by atoms with Gasteiger partial charge in [0, 0.05) is 19.5 Å². The molecule has 0 saturated carbocycles. The third kappa shape index (κ3) is 3.35. The number of nitrogens with two attached hydrogens (primary N) is 1. The van der Waals surface area contributed by atoms with E-state index in [1.165, 1.54) is 11.1 Å². The van der Waals surface area contributed by atoms with Gasteiger partial charge in [-0.25, -0.2) is 0 Å². The quantitative estimate of drug-likeness (QED) is 0.904. The summed E-state index contributed by atoms with van der Waals surface area (Å²) in [5.41, 5.74) is 8.44. The summed E-state index contributed by atoms with van der Waals surface area (Å²) in [4.78, 5) is 14.1. The fourth-order valence-electron chi connectivity index (χ4n) is 2.83. The fourth-order valence-corrected chi connectivity index (χ4v) is 2.83. The number of hydrogen-bond donors (Lipinski definition) is 1. The van der Waals surface area contributed by atoms with Gasteiger partial charge >= 0.3 is 0 Å². The molecular weight excluding hydrogens is 236 g/mol. The van der Waals surface area contributed by atoms with E-state index in [1.54, 1.807) is 0 Å². The standard InChI is InChI=1S/C16H24N2O/c1-12(17)10-11-16(19)18(2)15-9-5-7-13-6-3-4-8-14(13)15/h3-4,6,8,12,15H,5,7,9-11,17H2,1-2H3. The summed E-state index contributed by atoms with van der Waals surface area (Å²) < 4.78 is 0. The Balaban J connectivity index is 2.08. The topological polar surface area (TPSA) is 46.3 Å². The van der Waals surface area contributed by atoms with Crippen molar-refractivity contribution < 1.29 is 4.79 Å². The number of aryl methyl sites for hydroxylation is 1. The van der Waals surface area contributed by atoms with Crippen LogP contribution in [0, 0.1) is 0 Å². The fraction of sp³-hybridized carbons (Fsp3) is 0.562. The molecule has 1 aliphatic carbocycles. The highest BCUT2D eigenvalue weighted by Crippen LogP contribution is 2.33. The molecule has 19 heavy (non-hydrogen) atoms. The van der Waals surface area contributed by atoms with Crippen LogP contribution in [0.1, 0.15) is 49.8 Å². The van der Waals surface area contributed by atoms with Crippen molar-refractivity contribution in [3.63, 3.8) is 0 Å². The molecule has 0 aliphatic heterocycles. The molecule has 0 spiro atoms. The highest BCUT2D eigenvalue weighted by atomic mass is 16.2. The van der Waals surface area contributed by atoms with Crippen molar-refractivity contribution in [1.82, 2.24) is 4.90 Å². The zero-order chi connectivity index (χ0) is 13.8. The van der Waals surface area contributed by atoms with E-state index in [1.807, 2.05) is 18.9 Å². The number of amides is 1. The van der Waals surface area contributed by atoms with Gasteiger partial charge in [0.25, 0.3) is 0 Å². The third-order valence-electron chi connectivity index (χ3n) is 4.01. The zero-order valence-corrected chi connectivity index (χ0v) is 11.9. The first-order valence-corrected chi connectivity index (χ1v) is 7.18. The molecule has 1 aromatic carbocycles. The van der Waals surface area contributed by atoms with E-state index in [4.69, 9.17) is 5.73 Å². The summed E-state index contributed by atoms with van der Waals surface area (Å²) in [6.07, 6.45) is 4.67. The Bertz CT molecular complexity index is 442. The zero-order valence-electron chi connectivity index (χ0n) is 11.9. The Hall–Kier alpha value is -1.35. The normalized spacial score (nSPS) is 19.6. The number of carbonyl (C=O) groups is 1. The van der Waals surface area contributed by atoms with Crippen molar-refractivity contribution in [2.24, 2.45) is 5.73 Å². The van der Waals surface area contributed by atoms with E-state index in [0.717, 1.165) is 25.7 Å². The van der Waals surface area contributed by atoms with Crippen molar-refractivity contribution in [1.29, 1.82) is 0 Å². The van der Waals surface area contributed by atoms with Gasteiger partial charge in [0.1, 0.15) is 0 Å². The van der Waals surface area contributed by atoms with Gasteiger partial charge in [-0.3, -0.25) is 4.79 Å². The molecule has 1 aromatic rings. The number of carbonyl (C=O) groups excluding carboxylic acids is 1. The first kappa shape index (κ1) is 14.1. The Labute approximate surface area is 115 Å². The van der Waals surface area contributed by atoms with Gasteiger partial charge in [-0.2, -0.15) is 0 Å². The molecule has 0 heterocycles. The summed E-state index contributed by atoms with van der Waals surface area (Å²) >= 11 is 0. The minimum absolute atomic E-state index is 0.0935. The van der Waals surface area contributed by atoms with E-state index in [-0.39, 0.29) is 18.0 Å². The van der Waals surface area contributed by atoms with Crippen LogP contribution >= 0.6 is 0 Å². The molecule has 1 aliphatic rings. The van der Waals surface area contributed by atoms with Gasteiger partial charge in [0.2, 0.25) is 5.91 Å². The Morgan fingerprint density at radius 1 is 1.47 bits per heavy atom. The van der Waals surface area contributed by atoms with Crippen LogP contribution in [0.25, 0.3) is 0 Å². The van der Waals surface area contributed by atoms with Crippen LogP contribution in [-0.2, 0) is 11.2 Å². The van der Waals surface area contributed by atoms with Crippen LogP contribution in [-0.4, -0.2) is 23.9 Å². The van der Waals surface area contributed by atoms with Crippen molar-refractivity contribution >= 4 is 5.91 Å². The Morgan fingerprint density at radius 3 is 2.95 bits per heavy atom. The lowest BCUT2D eigenvalue weighted by molar-refractivity contribution is -0.132. The predicted molar refractivity (Wildman–Crippen MR) is 77.8 cm³/mol. The van der Waals surface area contributed by atoms with Gasteiger partial charge in [-0.15, -0.1) is 0 Å². The second-order valence-electron chi connectivity index (χ2n) is 5.63. The van der Waals surface area contributed by atoms with E-state index >= 15 is 0 Å². The third-order valence-corrected chi connectivity index (χ3v) is 4.01. The van der Waals surface area contributed by atoms with Gasteiger partial charge in [-0.1, -0.05) is 24.3 Å². The van der Waals surface area contributed by atoms with E-state index in [2.05, 4.69) is 24.3 Å². The molecule has 2 rings (SSSR count). The molecule has 2 atom stereocenters. The number of rotatable bonds is 4. The summed E-state index contributed by atoms with van der Waals surface area (Å²) in [5, 5.41) is 0. The Morgan fingerprint density at radius 2 is 2.21 bits per heavy atom. The lowest BCUT2D eigenvalue weighted by atomic mass is 9.87. The Kier molecular flexibility index (Phi) is 4.59. The number of nitrogens with zero attached hydrogens (tertiary/aromatic N) is 1. The SMILES string of the molecule is CC(N)CCC(=O)N(C)C1CCCc2ccccc21. The monoisotopic (exact) mass is 260 g/mol. The first-order valence-electron chi connectivity index (χ1n) is 7.18. The average Bonchev–Trinajstić information content (AvgIpc) is 2.43. The smallest absolute Gasteiger partial charge is 0.222 e. The minimum atomic E-state index is 0.0935. The molecule has 2 unspecified atom stereocenters. The molecule has 0 aromatic heterocycles. The van der Waals surface area contributed by atoms with E-state index in [0.29, 0.717) is 6.42 Å². The van der Waals surface area contributed by atoms with Crippen LogP contribution in [0.4, 0.5) is 0 Å². The van der Waals surface area contributed by atoms with Gasteiger partial charge in [0.15, 0.2) is 0 Å². The molecule has 3 heteroatoms. The summed E-state index contributed by atoms with van der Waals surface area (Å²) in [6, 6.07) is 8.83. The van der Waals surface area contributed by atoms with Crippen LogP contribution in [0.3, 0.4) is 0 Å². The summed E-state index contributed by atoms with van der Waals surface area (Å²) in [5.74, 6) is 0.207. The maximum absolute atomic E-state index is 12.2. The summed E-state index contributed by atoms with van der Waals surface area (Å²) in [7, 11) is 1.93. The summed E-state index contributed by atoms with van der Waals surface area (Å²) in [6.45, 7) is 1.95. The highest BCUT2D eigenvalue weighted by molar-refractivity contribution is 5.76. The van der Waals surface area contributed by atoms with Crippen LogP contribution in [0.15, 0.2) is 24.3 Å². The minimum Gasteiger partial charge on any atom is -0.339 e. The second-order valence-corrected chi connectivity index (χ2v) is 5.63. The largest absolute Gasteiger partial charge is 0.339 e. The molecule has 0 bridgehead atoms. The average molecular weight is 260 g/mol. The molecule has 0 radical (unpaired) electrons. The molecule has 0 saturated heterocycles. The molecule has 1 amide bonds. The molecule has 0 fully saturated rings. The predicted octanol–water partition coefficient (Wildman–Crippen LogP) is 2.65. The van der Waals surface area contributed by atoms with Crippen LogP contribution in [0.2, 0.25) is 0 Å². The lowest BCUT2D eigenvalue weighted by Gasteiger charge is -2.33. The molecule has 104 valence electrons.